The summed E-state index contributed by atoms with van der Waals surface area (Å²) in [6.45, 7) is 0.339. The first-order valence-electron chi connectivity index (χ1n) is 10.2. The first kappa shape index (κ1) is 22.6. The monoisotopic (exact) mass is 468 g/mol. The Hall–Kier alpha value is -2.63. The molecule has 1 fully saturated rings. The lowest BCUT2D eigenvalue weighted by Gasteiger charge is -2.26. The third-order valence-electron chi connectivity index (χ3n) is 5.17. The summed E-state index contributed by atoms with van der Waals surface area (Å²) in [6, 6.07) is 8.54. The van der Waals surface area contributed by atoms with Crippen molar-refractivity contribution in [1.29, 1.82) is 0 Å². The van der Waals surface area contributed by atoms with Gasteiger partial charge >= 0.3 is 6.18 Å². The van der Waals surface area contributed by atoms with E-state index >= 15 is 0 Å². The molecule has 2 N–H and O–H groups in total. The van der Waals surface area contributed by atoms with Crippen molar-refractivity contribution >= 4 is 15.8 Å². The highest BCUT2D eigenvalue weighted by Crippen LogP contribution is 2.29. The SMILES string of the molecule is O=S(=O)(c1ccc(NC2CC2)nc1)N1CC=C(NOCc2cccc(C(F)(F)F)c2)CC1. The molecule has 11 heteroatoms. The summed E-state index contributed by atoms with van der Waals surface area (Å²) in [7, 11) is -3.67. The van der Waals surface area contributed by atoms with Gasteiger partial charge in [0.1, 0.15) is 10.7 Å². The highest BCUT2D eigenvalue weighted by Gasteiger charge is 2.30. The maximum Gasteiger partial charge on any atom is 0.416 e. The van der Waals surface area contributed by atoms with Crippen LogP contribution >= 0.6 is 0 Å². The number of nitrogens with zero attached hydrogens (tertiary/aromatic N) is 2. The second kappa shape index (κ2) is 9.08. The largest absolute Gasteiger partial charge is 0.416 e. The van der Waals surface area contributed by atoms with Gasteiger partial charge in [0.05, 0.1) is 12.2 Å². The van der Waals surface area contributed by atoms with Gasteiger partial charge in [-0.25, -0.2) is 13.4 Å². The average Bonchev–Trinajstić information content (AvgIpc) is 3.58. The minimum Gasteiger partial charge on any atom is -0.367 e. The second-order valence-electron chi connectivity index (χ2n) is 7.73. The predicted octanol–water partition coefficient (Wildman–Crippen LogP) is 3.67. The summed E-state index contributed by atoms with van der Waals surface area (Å²) >= 11 is 0. The Labute approximate surface area is 184 Å². The molecule has 0 bridgehead atoms. The van der Waals surface area contributed by atoms with Crippen LogP contribution in [0.15, 0.2) is 59.3 Å². The fourth-order valence-corrected chi connectivity index (χ4v) is 4.54. The number of rotatable bonds is 8. The van der Waals surface area contributed by atoms with E-state index in [1.807, 2.05) is 0 Å². The van der Waals surface area contributed by atoms with Crippen LogP contribution in [0.1, 0.15) is 30.4 Å². The Bertz CT molecular complexity index is 1080. The van der Waals surface area contributed by atoms with Crippen LogP contribution in [-0.2, 0) is 27.6 Å². The molecule has 0 unspecified atom stereocenters. The number of halogens is 3. The van der Waals surface area contributed by atoms with E-state index < -0.39 is 21.8 Å². The molecular formula is C21H23F3N4O3S. The van der Waals surface area contributed by atoms with Crippen molar-refractivity contribution in [3.63, 3.8) is 0 Å². The van der Waals surface area contributed by atoms with E-state index in [0.717, 1.165) is 25.0 Å². The lowest BCUT2D eigenvalue weighted by molar-refractivity contribution is -0.137. The number of anilines is 1. The lowest BCUT2D eigenvalue weighted by Crippen LogP contribution is -2.36. The van der Waals surface area contributed by atoms with E-state index in [4.69, 9.17) is 4.84 Å². The van der Waals surface area contributed by atoms with Gasteiger partial charge in [-0.15, -0.1) is 0 Å². The van der Waals surface area contributed by atoms with Gasteiger partial charge in [0.15, 0.2) is 0 Å². The van der Waals surface area contributed by atoms with Crippen molar-refractivity contribution in [3.8, 4) is 0 Å². The number of sulfonamides is 1. The summed E-state index contributed by atoms with van der Waals surface area (Å²) in [5.74, 6) is 0.661. The number of hydrogen-bond acceptors (Lipinski definition) is 6. The Balaban J connectivity index is 1.29. The molecule has 0 amide bonds. The zero-order chi connectivity index (χ0) is 22.8. The lowest BCUT2D eigenvalue weighted by atomic mass is 10.1. The third-order valence-corrected chi connectivity index (χ3v) is 7.02. The predicted molar refractivity (Wildman–Crippen MR) is 112 cm³/mol. The van der Waals surface area contributed by atoms with Crippen molar-refractivity contribution in [2.24, 2.45) is 0 Å². The Morgan fingerprint density at radius 1 is 1.19 bits per heavy atom. The number of pyridine rings is 1. The van der Waals surface area contributed by atoms with Gasteiger partial charge in [0, 0.05) is 37.4 Å². The smallest absolute Gasteiger partial charge is 0.367 e. The molecule has 0 saturated heterocycles. The maximum atomic E-state index is 12.8. The molecule has 1 aromatic carbocycles. The van der Waals surface area contributed by atoms with Gasteiger partial charge in [0.25, 0.3) is 0 Å². The van der Waals surface area contributed by atoms with Crippen LogP contribution in [0, 0.1) is 0 Å². The van der Waals surface area contributed by atoms with Gasteiger partial charge in [-0.2, -0.15) is 17.5 Å². The number of benzene rings is 1. The molecule has 32 heavy (non-hydrogen) atoms. The molecule has 0 atom stereocenters. The average molecular weight is 469 g/mol. The number of nitrogens with one attached hydrogen (secondary N) is 2. The van der Waals surface area contributed by atoms with E-state index in [1.54, 1.807) is 24.3 Å². The minimum absolute atomic E-state index is 0.0593. The van der Waals surface area contributed by atoms with Gasteiger partial charge in [0.2, 0.25) is 10.0 Å². The van der Waals surface area contributed by atoms with Crippen LogP contribution in [0.5, 0.6) is 0 Å². The molecule has 2 aliphatic rings. The second-order valence-corrected chi connectivity index (χ2v) is 9.67. The highest BCUT2D eigenvalue weighted by molar-refractivity contribution is 7.89. The summed E-state index contributed by atoms with van der Waals surface area (Å²) in [6.07, 6.45) is 1.22. The van der Waals surface area contributed by atoms with Crippen LogP contribution < -0.4 is 10.8 Å². The zero-order valence-corrected chi connectivity index (χ0v) is 17.9. The van der Waals surface area contributed by atoms with Crippen molar-refractivity contribution in [1.82, 2.24) is 14.8 Å². The Morgan fingerprint density at radius 2 is 2.00 bits per heavy atom. The van der Waals surface area contributed by atoms with Crippen molar-refractivity contribution < 1.29 is 26.4 Å². The minimum atomic E-state index is -4.41. The van der Waals surface area contributed by atoms with Gasteiger partial charge < -0.3 is 5.32 Å². The van der Waals surface area contributed by atoms with E-state index in [-0.39, 0.29) is 24.6 Å². The summed E-state index contributed by atoms with van der Waals surface area (Å²) in [4.78, 5) is 9.63. The van der Waals surface area contributed by atoms with Crippen molar-refractivity contribution in [2.75, 3.05) is 18.4 Å². The first-order valence-corrected chi connectivity index (χ1v) is 11.6. The van der Waals surface area contributed by atoms with Crippen LogP contribution in [0.25, 0.3) is 0 Å². The zero-order valence-electron chi connectivity index (χ0n) is 17.1. The topological polar surface area (TPSA) is 83.6 Å². The van der Waals surface area contributed by atoms with E-state index in [9.17, 15) is 21.6 Å². The Morgan fingerprint density at radius 3 is 2.62 bits per heavy atom. The van der Waals surface area contributed by atoms with Crippen molar-refractivity contribution in [3.05, 3.63) is 65.5 Å². The van der Waals surface area contributed by atoms with Crippen LogP contribution in [0.4, 0.5) is 19.0 Å². The molecule has 7 nitrogen and oxygen atoms in total. The van der Waals surface area contributed by atoms with E-state index in [0.29, 0.717) is 29.5 Å². The standard InChI is InChI=1S/C21H23F3N4O3S/c22-21(23,24)16-3-1-2-15(12-16)14-31-27-18-8-10-28(11-9-18)32(29,30)19-6-7-20(25-13-19)26-17-4-5-17/h1-3,6-8,12-13,17,27H,4-5,9-11,14H2,(H,25,26). The quantitative estimate of drug-likeness (QED) is 0.576. The maximum absolute atomic E-state index is 12.8. The molecule has 4 rings (SSSR count). The molecule has 1 aromatic heterocycles. The third kappa shape index (κ3) is 5.59. The van der Waals surface area contributed by atoms with Crippen molar-refractivity contribution in [2.45, 2.75) is 43.0 Å². The number of aromatic nitrogens is 1. The number of hydrogen-bond donors (Lipinski definition) is 2. The molecule has 2 aromatic rings. The number of alkyl halides is 3. The first-order chi connectivity index (χ1) is 15.2. The molecule has 1 saturated carbocycles. The summed E-state index contributed by atoms with van der Waals surface area (Å²) in [5, 5.41) is 3.21. The molecule has 172 valence electrons. The molecule has 0 spiro atoms. The summed E-state index contributed by atoms with van der Waals surface area (Å²) < 4.78 is 65.4. The molecule has 1 aliphatic carbocycles. The van der Waals surface area contributed by atoms with Gasteiger partial charge in [-0.05, 0) is 48.7 Å². The van der Waals surface area contributed by atoms with Gasteiger partial charge in [-0.1, -0.05) is 12.1 Å². The number of hydroxylamine groups is 1. The normalized spacial score (nSPS) is 17.7. The molecular weight excluding hydrogens is 445 g/mol. The molecule has 1 aliphatic heterocycles. The fraction of sp³-hybridized carbons (Fsp3) is 0.381. The van der Waals surface area contributed by atoms with Crippen LogP contribution in [0.3, 0.4) is 0 Å². The Kier molecular flexibility index (Phi) is 6.40. The van der Waals surface area contributed by atoms with Gasteiger partial charge in [-0.3, -0.25) is 10.3 Å². The van der Waals surface area contributed by atoms with E-state index in [1.165, 1.54) is 16.6 Å². The van der Waals surface area contributed by atoms with E-state index in [2.05, 4.69) is 15.8 Å². The van der Waals surface area contributed by atoms with Crippen LogP contribution in [-0.4, -0.2) is 36.8 Å². The fourth-order valence-electron chi connectivity index (χ4n) is 3.22. The molecule has 0 radical (unpaired) electrons. The molecule has 2 heterocycles. The van der Waals surface area contributed by atoms with Crippen LogP contribution in [0.2, 0.25) is 0 Å². The summed E-state index contributed by atoms with van der Waals surface area (Å²) in [5.41, 5.74) is 3.02. The highest BCUT2D eigenvalue weighted by atomic mass is 32.2.